The molecular weight excluding hydrogens is 206 g/mol. The van der Waals surface area contributed by atoms with E-state index in [9.17, 15) is 4.79 Å². The molecule has 1 aromatic rings. The van der Waals surface area contributed by atoms with Gasteiger partial charge < -0.3 is 15.7 Å². The second kappa shape index (κ2) is 5.73. The molecule has 84 valence electrons. The van der Waals surface area contributed by atoms with Crippen LogP contribution in [0.4, 0.5) is 4.79 Å². The van der Waals surface area contributed by atoms with Gasteiger partial charge in [-0.1, -0.05) is 30.3 Å². The molecule has 0 aromatic heterocycles. The monoisotopic (exact) mass is 219 g/mol. The summed E-state index contributed by atoms with van der Waals surface area (Å²) < 4.78 is 0. The number of nitriles is 1. The highest BCUT2D eigenvalue weighted by molar-refractivity contribution is 5.65. The van der Waals surface area contributed by atoms with E-state index in [1.165, 1.54) is 0 Å². The van der Waals surface area contributed by atoms with Crippen LogP contribution in [0.1, 0.15) is 5.56 Å². The van der Waals surface area contributed by atoms with Crippen LogP contribution in [0, 0.1) is 11.3 Å². The quantitative estimate of drug-likeness (QED) is 0.790. The van der Waals surface area contributed by atoms with Crippen LogP contribution in [0.3, 0.4) is 0 Å². The molecule has 0 spiro atoms. The van der Waals surface area contributed by atoms with E-state index in [0.717, 1.165) is 10.5 Å². The zero-order chi connectivity index (χ0) is 12.0. The van der Waals surface area contributed by atoms with Crippen molar-refractivity contribution in [2.24, 2.45) is 5.73 Å². The van der Waals surface area contributed by atoms with Gasteiger partial charge in [0, 0.05) is 6.54 Å². The summed E-state index contributed by atoms with van der Waals surface area (Å²) in [4.78, 5) is 12.0. The van der Waals surface area contributed by atoms with Gasteiger partial charge in [0.15, 0.2) is 0 Å². The Morgan fingerprint density at radius 3 is 2.62 bits per heavy atom. The number of benzene rings is 1. The third kappa shape index (κ3) is 3.59. The minimum Gasteiger partial charge on any atom is -0.465 e. The third-order valence-electron chi connectivity index (χ3n) is 2.07. The van der Waals surface area contributed by atoms with Crippen molar-refractivity contribution in [2.45, 2.75) is 12.6 Å². The Balaban J connectivity index is 2.66. The molecule has 16 heavy (non-hydrogen) atoms. The molecule has 0 aliphatic carbocycles. The highest BCUT2D eigenvalue weighted by atomic mass is 16.4. The Bertz CT molecular complexity index is 386. The summed E-state index contributed by atoms with van der Waals surface area (Å²) in [5.74, 6) is 0. The van der Waals surface area contributed by atoms with E-state index in [1.807, 2.05) is 36.4 Å². The van der Waals surface area contributed by atoms with E-state index >= 15 is 0 Å². The summed E-state index contributed by atoms with van der Waals surface area (Å²) >= 11 is 0. The zero-order valence-electron chi connectivity index (χ0n) is 8.71. The lowest BCUT2D eigenvalue weighted by Gasteiger charge is -2.20. The van der Waals surface area contributed by atoms with Gasteiger partial charge >= 0.3 is 6.09 Å². The van der Waals surface area contributed by atoms with Gasteiger partial charge in [0.05, 0.1) is 12.6 Å². The van der Waals surface area contributed by atoms with Gasteiger partial charge in [0.1, 0.15) is 6.04 Å². The maximum Gasteiger partial charge on any atom is 0.407 e. The number of rotatable bonds is 4. The Labute approximate surface area is 93.7 Å². The molecule has 1 amide bonds. The molecule has 0 heterocycles. The van der Waals surface area contributed by atoms with Crippen LogP contribution in [0.25, 0.3) is 0 Å². The van der Waals surface area contributed by atoms with Crippen LogP contribution in [0.15, 0.2) is 30.3 Å². The largest absolute Gasteiger partial charge is 0.465 e. The molecule has 5 nitrogen and oxygen atoms in total. The van der Waals surface area contributed by atoms with Crippen LogP contribution in [0.2, 0.25) is 0 Å². The SMILES string of the molecule is N#CC(N)CN(Cc1ccccc1)C(=O)O. The molecule has 0 fully saturated rings. The summed E-state index contributed by atoms with van der Waals surface area (Å²) in [6.45, 7) is 0.256. The lowest BCUT2D eigenvalue weighted by atomic mass is 10.2. The van der Waals surface area contributed by atoms with Gasteiger partial charge in [-0.15, -0.1) is 0 Å². The third-order valence-corrected chi connectivity index (χ3v) is 2.07. The van der Waals surface area contributed by atoms with E-state index in [0.29, 0.717) is 0 Å². The van der Waals surface area contributed by atoms with Gasteiger partial charge in [-0.2, -0.15) is 5.26 Å². The topological polar surface area (TPSA) is 90.4 Å². The van der Waals surface area contributed by atoms with Crippen molar-refractivity contribution in [3.63, 3.8) is 0 Å². The fourth-order valence-corrected chi connectivity index (χ4v) is 1.29. The summed E-state index contributed by atoms with van der Waals surface area (Å²) in [5.41, 5.74) is 6.27. The molecule has 5 heteroatoms. The summed E-state index contributed by atoms with van der Waals surface area (Å²) in [6.07, 6.45) is -1.07. The number of nitrogens with two attached hydrogens (primary N) is 1. The normalized spacial score (nSPS) is 11.5. The van der Waals surface area contributed by atoms with Crippen molar-refractivity contribution in [3.05, 3.63) is 35.9 Å². The molecule has 0 saturated heterocycles. The summed E-state index contributed by atoms with van der Waals surface area (Å²) in [6, 6.07) is 10.2. The van der Waals surface area contributed by atoms with Crippen LogP contribution in [-0.2, 0) is 6.54 Å². The standard InChI is InChI=1S/C11H13N3O2/c12-6-10(13)8-14(11(15)16)7-9-4-2-1-3-5-9/h1-5,10H,7-8,13H2,(H,15,16). The number of carboxylic acid groups (broad SMARTS) is 1. The highest BCUT2D eigenvalue weighted by Gasteiger charge is 2.15. The number of hydrogen-bond acceptors (Lipinski definition) is 3. The first-order chi connectivity index (χ1) is 7.63. The zero-order valence-corrected chi connectivity index (χ0v) is 8.71. The second-order valence-electron chi connectivity index (χ2n) is 3.38. The first kappa shape index (κ1) is 12.0. The number of amides is 1. The van der Waals surface area contributed by atoms with Crippen molar-refractivity contribution in [1.82, 2.24) is 4.90 Å². The Kier molecular flexibility index (Phi) is 4.30. The second-order valence-corrected chi connectivity index (χ2v) is 3.38. The highest BCUT2D eigenvalue weighted by Crippen LogP contribution is 2.04. The predicted molar refractivity (Wildman–Crippen MR) is 58.5 cm³/mol. The molecule has 1 unspecified atom stereocenters. The van der Waals surface area contributed by atoms with Gasteiger partial charge in [-0.3, -0.25) is 0 Å². The smallest absolute Gasteiger partial charge is 0.407 e. The number of hydrogen-bond donors (Lipinski definition) is 2. The van der Waals surface area contributed by atoms with Crippen molar-refractivity contribution in [2.75, 3.05) is 6.54 Å². The average molecular weight is 219 g/mol. The summed E-state index contributed by atoms with van der Waals surface area (Å²) in [7, 11) is 0. The van der Waals surface area contributed by atoms with E-state index < -0.39 is 12.1 Å². The van der Waals surface area contributed by atoms with Crippen LogP contribution in [0.5, 0.6) is 0 Å². The summed E-state index contributed by atoms with van der Waals surface area (Å²) in [5, 5.41) is 17.5. The molecular formula is C11H13N3O2. The first-order valence-corrected chi connectivity index (χ1v) is 4.80. The molecule has 0 radical (unpaired) electrons. The van der Waals surface area contributed by atoms with Gasteiger partial charge in [0.25, 0.3) is 0 Å². The lowest BCUT2D eigenvalue weighted by molar-refractivity contribution is 0.141. The van der Waals surface area contributed by atoms with Gasteiger partial charge in [-0.05, 0) is 5.56 Å². The van der Waals surface area contributed by atoms with Crippen molar-refractivity contribution in [3.8, 4) is 6.07 Å². The maximum atomic E-state index is 10.9. The molecule has 0 aliphatic heterocycles. The van der Waals surface area contributed by atoms with E-state index in [-0.39, 0.29) is 13.1 Å². The average Bonchev–Trinajstić information content (AvgIpc) is 2.29. The van der Waals surface area contributed by atoms with E-state index in [2.05, 4.69) is 0 Å². The fourth-order valence-electron chi connectivity index (χ4n) is 1.29. The first-order valence-electron chi connectivity index (χ1n) is 4.80. The Morgan fingerprint density at radius 1 is 1.50 bits per heavy atom. The van der Waals surface area contributed by atoms with E-state index in [1.54, 1.807) is 0 Å². The van der Waals surface area contributed by atoms with Crippen molar-refractivity contribution >= 4 is 6.09 Å². The molecule has 0 saturated carbocycles. The predicted octanol–water partition coefficient (Wildman–Crippen LogP) is 1.02. The van der Waals surface area contributed by atoms with E-state index in [4.69, 9.17) is 16.1 Å². The van der Waals surface area contributed by atoms with Crippen LogP contribution in [-0.4, -0.2) is 28.7 Å². The molecule has 1 atom stereocenters. The minimum atomic E-state index is -1.07. The number of carbonyl (C=O) groups is 1. The fraction of sp³-hybridized carbons (Fsp3) is 0.273. The molecule has 0 bridgehead atoms. The van der Waals surface area contributed by atoms with Crippen molar-refractivity contribution in [1.29, 1.82) is 5.26 Å². The minimum absolute atomic E-state index is 0.0146. The molecule has 1 rings (SSSR count). The van der Waals surface area contributed by atoms with Crippen molar-refractivity contribution < 1.29 is 9.90 Å². The van der Waals surface area contributed by atoms with Gasteiger partial charge in [-0.25, -0.2) is 4.79 Å². The number of nitrogens with zero attached hydrogens (tertiary/aromatic N) is 2. The Morgan fingerprint density at radius 2 is 2.12 bits per heavy atom. The lowest BCUT2D eigenvalue weighted by Crippen LogP contribution is -2.39. The maximum absolute atomic E-state index is 10.9. The Hall–Kier alpha value is -2.06. The molecule has 1 aromatic carbocycles. The molecule has 3 N–H and O–H groups in total. The molecule has 0 aliphatic rings. The van der Waals surface area contributed by atoms with Crippen LogP contribution >= 0.6 is 0 Å². The van der Waals surface area contributed by atoms with Crippen LogP contribution < -0.4 is 5.73 Å². The van der Waals surface area contributed by atoms with Gasteiger partial charge in [0.2, 0.25) is 0 Å².